The number of methoxy groups -OCH3 is 4. The molecule has 0 bridgehead atoms. The summed E-state index contributed by atoms with van der Waals surface area (Å²) in [5, 5.41) is 2.22. The molecule has 0 atom stereocenters. The van der Waals surface area contributed by atoms with E-state index in [9.17, 15) is 9.59 Å². The predicted molar refractivity (Wildman–Crippen MR) is 99.6 cm³/mol. The van der Waals surface area contributed by atoms with Crippen molar-refractivity contribution >= 4 is 23.2 Å². The third-order valence-electron chi connectivity index (χ3n) is 3.76. The number of aromatic nitrogens is 1. The lowest BCUT2D eigenvalue weighted by Gasteiger charge is -2.22. The van der Waals surface area contributed by atoms with Gasteiger partial charge in [0.25, 0.3) is 5.91 Å². The van der Waals surface area contributed by atoms with Gasteiger partial charge in [-0.25, -0.2) is 9.78 Å². The number of rotatable bonds is 9. The van der Waals surface area contributed by atoms with Gasteiger partial charge in [-0.15, -0.1) is 11.3 Å². The Balaban J connectivity index is 2.26. The number of hydrogen-bond acceptors (Lipinski definition) is 8. The molecule has 0 aliphatic heterocycles. The molecule has 1 amide bonds. The van der Waals surface area contributed by atoms with E-state index in [1.54, 1.807) is 42.7 Å². The minimum atomic E-state index is -0.510. The topological polar surface area (TPSA) is 87.2 Å². The number of hydrogen-bond donors (Lipinski definition) is 0. The van der Waals surface area contributed by atoms with Crippen LogP contribution in [-0.4, -0.2) is 63.4 Å². The van der Waals surface area contributed by atoms with Crippen molar-refractivity contribution in [1.29, 1.82) is 0 Å². The van der Waals surface area contributed by atoms with E-state index in [4.69, 9.17) is 14.2 Å². The van der Waals surface area contributed by atoms with Crippen molar-refractivity contribution in [2.24, 2.45) is 0 Å². The van der Waals surface area contributed by atoms with E-state index in [2.05, 4.69) is 9.72 Å². The van der Waals surface area contributed by atoms with Crippen molar-refractivity contribution in [3.63, 3.8) is 0 Å². The Labute approximate surface area is 161 Å². The predicted octanol–water partition coefficient (Wildman–Crippen LogP) is 2.24. The molecule has 0 saturated heterocycles. The Morgan fingerprint density at radius 2 is 1.93 bits per heavy atom. The molecule has 1 heterocycles. The van der Waals surface area contributed by atoms with Crippen LogP contribution in [0.25, 0.3) is 0 Å². The average Bonchev–Trinajstić information content (AvgIpc) is 3.17. The molecule has 1 aromatic heterocycles. The van der Waals surface area contributed by atoms with Crippen LogP contribution < -0.4 is 9.47 Å². The lowest BCUT2D eigenvalue weighted by atomic mass is 10.1. The second kappa shape index (κ2) is 9.89. The maximum absolute atomic E-state index is 13.1. The number of carbonyl (C=O) groups excluding carboxylic acids is 2. The molecule has 1 aromatic carbocycles. The van der Waals surface area contributed by atoms with Crippen LogP contribution in [0.1, 0.15) is 25.9 Å². The van der Waals surface area contributed by atoms with Crippen LogP contribution in [0.15, 0.2) is 23.6 Å². The highest BCUT2D eigenvalue weighted by molar-refractivity contribution is 7.09. The van der Waals surface area contributed by atoms with Crippen LogP contribution in [0.5, 0.6) is 11.5 Å². The third kappa shape index (κ3) is 5.18. The molecule has 0 saturated carbocycles. The van der Waals surface area contributed by atoms with Gasteiger partial charge >= 0.3 is 5.97 Å². The third-order valence-corrected chi connectivity index (χ3v) is 4.60. The second-order valence-electron chi connectivity index (χ2n) is 5.40. The lowest BCUT2D eigenvalue weighted by molar-refractivity contribution is 0.0594. The lowest BCUT2D eigenvalue weighted by Crippen LogP contribution is -2.33. The van der Waals surface area contributed by atoms with Crippen molar-refractivity contribution in [3.05, 3.63) is 39.8 Å². The number of nitrogens with zero attached hydrogens (tertiary/aromatic N) is 2. The molecule has 146 valence electrons. The molecule has 2 rings (SSSR count). The Morgan fingerprint density at radius 3 is 2.56 bits per heavy atom. The van der Waals surface area contributed by atoms with Gasteiger partial charge in [0.05, 0.1) is 40.0 Å². The van der Waals surface area contributed by atoms with Crippen LogP contribution in [0.4, 0.5) is 0 Å². The molecular formula is C18H22N2O6S. The summed E-state index contributed by atoms with van der Waals surface area (Å²) in [6.45, 7) is 0.955. The Morgan fingerprint density at radius 1 is 1.15 bits per heavy atom. The van der Waals surface area contributed by atoms with Gasteiger partial charge < -0.3 is 23.8 Å². The number of carbonyl (C=O) groups is 2. The maximum atomic E-state index is 13.1. The van der Waals surface area contributed by atoms with E-state index in [1.165, 1.54) is 25.6 Å². The van der Waals surface area contributed by atoms with Crippen molar-refractivity contribution in [2.75, 3.05) is 41.6 Å². The molecule has 8 nitrogen and oxygen atoms in total. The van der Waals surface area contributed by atoms with E-state index in [-0.39, 0.29) is 18.1 Å². The molecule has 0 radical (unpaired) electrons. The number of ether oxygens (including phenoxy) is 4. The van der Waals surface area contributed by atoms with E-state index >= 15 is 0 Å². The first-order chi connectivity index (χ1) is 13.0. The summed E-state index contributed by atoms with van der Waals surface area (Å²) < 4.78 is 20.3. The highest BCUT2D eigenvalue weighted by Crippen LogP contribution is 2.26. The summed E-state index contributed by atoms with van der Waals surface area (Å²) in [5.74, 6) is 0.260. The van der Waals surface area contributed by atoms with Gasteiger partial charge in [0.15, 0.2) is 5.69 Å². The second-order valence-corrected chi connectivity index (χ2v) is 6.35. The summed E-state index contributed by atoms with van der Waals surface area (Å²) >= 11 is 1.29. The van der Waals surface area contributed by atoms with Gasteiger partial charge in [-0.2, -0.15) is 0 Å². The van der Waals surface area contributed by atoms with Crippen LogP contribution in [0, 0.1) is 0 Å². The zero-order valence-corrected chi connectivity index (χ0v) is 16.5. The van der Waals surface area contributed by atoms with Crippen LogP contribution in [0.3, 0.4) is 0 Å². The average molecular weight is 394 g/mol. The molecular weight excluding hydrogens is 372 g/mol. The largest absolute Gasteiger partial charge is 0.497 e. The van der Waals surface area contributed by atoms with Crippen LogP contribution in [-0.2, 0) is 16.0 Å². The molecule has 0 aliphatic carbocycles. The van der Waals surface area contributed by atoms with Gasteiger partial charge in [-0.05, 0) is 12.1 Å². The monoisotopic (exact) mass is 394 g/mol. The minimum absolute atomic E-state index is 0.221. The Bertz CT molecular complexity index is 792. The van der Waals surface area contributed by atoms with Crippen LogP contribution in [0.2, 0.25) is 0 Å². The highest BCUT2D eigenvalue weighted by Gasteiger charge is 2.22. The quantitative estimate of drug-likeness (QED) is 0.603. The van der Waals surface area contributed by atoms with Gasteiger partial charge in [-0.1, -0.05) is 0 Å². The molecule has 0 unspecified atom stereocenters. The number of amides is 1. The minimum Gasteiger partial charge on any atom is -0.497 e. The van der Waals surface area contributed by atoms with E-state index in [0.29, 0.717) is 35.2 Å². The summed E-state index contributed by atoms with van der Waals surface area (Å²) in [4.78, 5) is 30.5. The van der Waals surface area contributed by atoms with Crippen molar-refractivity contribution in [1.82, 2.24) is 9.88 Å². The molecule has 0 N–H and O–H groups in total. The summed E-state index contributed by atoms with van der Waals surface area (Å²) in [7, 11) is 5.90. The fraction of sp³-hybridized carbons (Fsp3) is 0.389. The van der Waals surface area contributed by atoms with Crippen molar-refractivity contribution in [3.8, 4) is 11.5 Å². The van der Waals surface area contributed by atoms with E-state index in [1.807, 2.05) is 0 Å². The number of thiazole rings is 1. The summed E-state index contributed by atoms with van der Waals surface area (Å²) in [5.41, 5.74) is 0.623. The van der Waals surface area contributed by atoms with E-state index in [0.717, 1.165) is 0 Å². The SMILES string of the molecule is COCCN(Cc1nc(C(=O)OC)cs1)C(=O)c1ccc(OC)cc1OC. The number of benzene rings is 1. The first-order valence-electron chi connectivity index (χ1n) is 8.07. The zero-order chi connectivity index (χ0) is 19.8. The fourth-order valence-electron chi connectivity index (χ4n) is 2.34. The summed E-state index contributed by atoms with van der Waals surface area (Å²) in [6.07, 6.45) is 0. The van der Waals surface area contributed by atoms with Crippen molar-refractivity contribution in [2.45, 2.75) is 6.54 Å². The first-order valence-corrected chi connectivity index (χ1v) is 8.95. The standard InChI is InChI=1S/C18H22N2O6S/c1-23-8-7-20(10-16-19-14(11-27-16)18(22)26-4)17(21)13-6-5-12(24-2)9-15(13)25-3/h5-6,9,11H,7-8,10H2,1-4H3. The molecule has 0 spiro atoms. The molecule has 9 heteroatoms. The number of esters is 1. The smallest absolute Gasteiger partial charge is 0.357 e. The fourth-order valence-corrected chi connectivity index (χ4v) is 3.12. The molecule has 0 aliphatic rings. The maximum Gasteiger partial charge on any atom is 0.357 e. The zero-order valence-electron chi connectivity index (χ0n) is 15.7. The van der Waals surface area contributed by atoms with Crippen molar-refractivity contribution < 1.29 is 28.5 Å². The molecule has 0 fully saturated rings. The summed E-state index contributed by atoms with van der Waals surface area (Å²) in [6, 6.07) is 5.00. The normalized spacial score (nSPS) is 10.4. The van der Waals surface area contributed by atoms with Crippen LogP contribution >= 0.6 is 11.3 Å². The molecule has 27 heavy (non-hydrogen) atoms. The first kappa shape index (κ1) is 20.7. The Kier molecular flexibility index (Phi) is 7.56. The van der Waals surface area contributed by atoms with Gasteiger partial charge in [0.1, 0.15) is 16.5 Å². The Hall–Kier alpha value is -2.65. The van der Waals surface area contributed by atoms with E-state index < -0.39 is 5.97 Å². The van der Waals surface area contributed by atoms with Gasteiger partial charge in [0, 0.05) is 25.1 Å². The van der Waals surface area contributed by atoms with Gasteiger partial charge in [-0.3, -0.25) is 4.79 Å². The van der Waals surface area contributed by atoms with Gasteiger partial charge in [0.2, 0.25) is 0 Å². The molecule has 2 aromatic rings. The highest BCUT2D eigenvalue weighted by atomic mass is 32.1.